The van der Waals surface area contributed by atoms with Gasteiger partial charge < -0.3 is 10.6 Å². The fourth-order valence-electron chi connectivity index (χ4n) is 1.70. The van der Waals surface area contributed by atoms with Crippen LogP contribution in [-0.2, 0) is 0 Å². The molecule has 0 spiro atoms. The van der Waals surface area contributed by atoms with Crippen LogP contribution >= 0.6 is 11.3 Å². The normalized spacial score (nSPS) is 11.9. The first-order valence-electron chi connectivity index (χ1n) is 5.96. The molecular weight excluding hydrogens is 260 g/mol. The number of rotatable bonds is 4. The van der Waals surface area contributed by atoms with Crippen LogP contribution in [0.5, 0.6) is 0 Å². The summed E-state index contributed by atoms with van der Waals surface area (Å²) in [7, 11) is 1.78. The molecule has 1 unspecified atom stereocenters. The van der Waals surface area contributed by atoms with Crippen molar-refractivity contribution in [2.75, 3.05) is 12.4 Å². The van der Waals surface area contributed by atoms with Crippen LogP contribution in [0, 0.1) is 6.92 Å². The van der Waals surface area contributed by atoms with Crippen LogP contribution in [0.2, 0.25) is 0 Å². The summed E-state index contributed by atoms with van der Waals surface area (Å²) in [5.74, 6) is -0.155. The van der Waals surface area contributed by atoms with Crippen molar-refractivity contribution < 1.29 is 4.79 Å². The van der Waals surface area contributed by atoms with E-state index in [0.29, 0.717) is 5.56 Å². The van der Waals surface area contributed by atoms with E-state index in [9.17, 15) is 4.79 Å². The monoisotopic (exact) mass is 276 g/mol. The maximum atomic E-state index is 12.2. The van der Waals surface area contributed by atoms with Crippen LogP contribution in [0.1, 0.15) is 34.0 Å². The minimum Gasteiger partial charge on any atom is -0.387 e. The van der Waals surface area contributed by atoms with Gasteiger partial charge in [-0.2, -0.15) is 0 Å². The second-order valence-electron chi connectivity index (χ2n) is 4.19. The van der Waals surface area contributed by atoms with Gasteiger partial charge in [-0.1, -0.05) is 0 Å². The summed E-state index contributed by atoms with van der Waals surface area (Å²) in [5, 5.41) is 8.79. The number of nitrogens with one attached hydrogen (secondary N) is 2. The summed E-state index contributed by atoms with van der Waals surface area (Å²) in [6.45, 7) is 3.86. The molecule has 19 heavy (non-hydrogen) atoms. The third-order valence-electron chi connectivity index (χ3n) is 2.69. The van der Waals surface area contributed by atoms with Gasteiger partial charge in [0.15, 0.2) is 0 Å². The maximum Gasteiger partial charge on any atom is 0.255 e. The van der Waals surface area contributed by atoms with E-state index in [4.69, 9.17) is 0 Å². The van der Waals surface area contributed by atoms with Gasteiger partial charge in [0.1, 0.15) is 5.01 Å². The first kappa shape index (κ1) is 13.5. The van der Waals surface area contributed by atoms with Crippen LogP contribution in [-0.4, -0.2) is 22.9 Å². The summed E-state index contributed by atoms with van der Waals surface area (Å²) in [4.78, 5) is 20.6. The van der Waals surface area contributed by atoms with Gasteiger partial charge in [-0.3, -0.25) is 9.78 Å². The Morgan fingerprint density at radius 2 is 2.26 bits per heavy atom. The average Bonchev–Trinajstić information content (AvgIpc) is 2.85. The van der Waals surface area contributed by atoms with Crippen LogP contribution in [0.3, 0.4) is 0 Å². The minimum atomic E-state index is -0.155. The van der Waals surface area contributed by atoms with Crippen LogP contribution in [0.15, 0.2) is 23.8 Å². The van der Waals surface area contributed by atoms with E-state index in [-0.39, 0.29) is 11.9 Å². The third kappa shape index (κ3) is 3.08. The molecule has 0 radical (unpaired) electrons. The predicted molar refractivity (Wildman–Crippen MR) is 76.5 cm³/mol. The molecule has 0 saturated heterocycles. The zero-order valence-electron chi connectivity index (χ0n) is 11.1. The minimum absolute atomic E-state index is 0.115. The number of hydrogen-bond donors (Lipinski definition) is 2. The van der Waals surface area contributed by atoms with E-state index in [1.54, 1.807) is 36.8 Å². The molecule has 0 aliphatic carbocycles. The van der Waals surface area contributed by atoms with E-state index < -0.39 is 0 Å². The lowest BCUT2D eigenvalue weighted by atomic mass is 10.2. The molecule has 2 aromatic heterocycles. The van der Waals surface area contributed by atoms with Crippen LogP contribution < -0.4 is 10.6 Å². The smallest absolute Gasteiger partial charge is 0.255 e. The molecule has 0 aliphatic heterocycles. The number of carbonyl (C=O) groups excluding carboxylic acids is 1. The van der Waals surface area contributed by atoms with Crippen molar-refractivity contribution in [3.8, 4) is 0 Å². The Kier molecular flexibility index (Phi) is 4.11. The summed E-state index contributed by atoms with van der Waals surface area (Å²) >= 11 is 1.55. The lowest BCUT2D eigenvalue weighted by molar-refractivity contribution is 0.0940. The quantitative estimate of drug-likeness (QED) is 0.899. The van der Waals surface area contributed by atoms with E-state index in [2.05, 4.69) is 20.6 Å². The molecule has 2 heterocycles. The number of thiazole rings is 1. The Morgan fingerprint density at radius 1 is 1.47 bits per heavy atom. The van der Waals surface area contributed by atoms with Crippen LogP contribution in [0.25, 0.3) is 0 Å². The SMILES string of the molecule is CNc1ccncc1C(=O)NC(C)c1nc(C)cs1. The Bertz CT molecular complexity index is 582. The highest BCUT2D eigenvalue weighted by Crippen LogP contribution is 2.19. The second kappa shape index (κ2) is 5.79. The Labute approximate surface area is 116 Å². The fraction of sp³-hybridized carbons (Fsp3) is 0.308. The zero-order chi connectivity index (χ0) is 13.8. The van der Waals surface area contributed by atoms with Crippen molar-refractivity contribution >= 4 is 22.9 Å². The Hall–Kier alpha value is -1.95. The molecule has 6 heteroatoms. The summed E-state index contributed by atoms with van der Waals surface area (Å²) < 4.78 is 0. The molecule has 0 aromatic carbocycles. The average molecular weight is 276 g/mol. The van der Waals surface area contributed by atoms with Gasteiger partial charge in [0, 0.05) is 36.2 Å². The Balaban J connectivity index is 2.12. The molecule has 0 aliphatic rings. The highest BCUT2D eigenvalue weighted by atomic mass is 32.1. The molecule has 0 bridgehead atoms. The van der Waals surface area contributed by atoms with Gasteiger partial charge >= 0.3 is 0 Å². The Morgan fingerprint density at radius 3 is 2.89 bits per heavy atom. The molecule has 100 valence electrons. The largest absolute Gasteiger partial charge is 0.387 e. The number of amides is 1. The van der Waals surface area contributed by atoms with Gasteiger partial charge in [0.25, 0.3) is 5.91 Å². The number of aryl methyl sites for hydroxylation is 1. The van der Waals surface area contributed by atoms with Crippen molar-refractivity contribution in [1.82, 2.24) is 15.3 Å². The first-order chi connectivity index (χ1) is 9.11. The number of hydrogen-bond acceptors (Lipinski definition) is 5. The topological polar surface area (TPSA) is 66.9 Å². The van der Waals surface area contributed by atoms with E-state index in [1.807, 2.05) is 19.2 Å². The number of aromatic nitrogens is 2. The molecule has 5 nitrogen and oxygen atoms in total. The fourth-order valence-corrected chi connectivity index (χ4v) is 2.50. The van der Waals surface area contributed by atoms with Gasteiger partial charge in [-0.05, 0) is 19.9 Å². The zero-order valence-corrected chi connectivity index (χ0v) is 11.9. The van der Waals surface area contributed by atoms with Gasteiger partial charge in [-0.15, -0.1) is 11.3 Å². The number of pyridine rings is 1. The highest BCUT2D eigenvalue weighted by molar-refractivity contribution is 7.09. The molecule has 0 fully saturated rings. The number of anilines is 1. The predicted octanol–water partition coefficient (Wildman–Crippen LogP) is 2.38. The third-order valence-corrected chi connectivity index (χ3v) is 3.84. The summed E-state index contributed by atoms with van der Waals surface area (Å²) in [6.07, 6.45) is 3.21. The molecule has 1 amide bonds. The molecule has 1 atom stereocenters. The van der Waals surface area contributed by atoms with Crippen molar-refractivity contribution in [2.45, 2.75) is 19.9 Å². The molecular formula is C13H16N4OS. The van der Waals surface area contributed by atoms with E-state index >= 15 is 0 Å². The van der Waals surface area contributed by atoms with Gasteiger partial charge in [-0.25, -0.2) is 4.98 Å². The van der Waals surface area contributed by atoms with Gasteiger partial charge in [0.2, 0.25) is 0 Å². The number of nitrogens with zero attached hydrogens (tertiary/aromatic N) is 2. The maximum absolute atomic E-state index is 12.2. The lowest BCUT2D eigenvalue weighted by Crippen LogP contribution is -2.27. The van der Waals surface area contributed by atoms with E-state index in [1.165, 1.54) is 0 Å². The second-order valence-corrected chi connectivity index (χ2v) is 5.08. The molecule has 2 N–H and O–H groups in total. The molecule has 0 saturated carbocycles. The number of carbonyl (C=O) groups is 1. The van der Waals surface area contributed by atoms with Crippen LogP contribution in [0.4, 0.5) is 5.69 Å². The highest BCUT2D eigenvalue weighted by Gasteiger charge is 2.16. The van der Waals surface area contributed by atoms with Crippen molar-refractivity contribution in [3.63, 3.8) is 0 Å². The molecule has 2 rings (SSSR count). The van der Waals surface area contributed by atoms with Crippen molar-refractivity contribution in [2.24, 2.45) is 0 Å². The lowest BCUT2D eigenvalue weighted by Gasteiger charge is -2.13. The van der Waals surface area contributed by atoms with Gasteiger partial charge in [0.05, 0.1) is 11.6 Å². The van der Waals surface area contributed by atoms with Crippen molar-refractivity contribution in [3.05, 3.63) is 40.1 Å². The van der Waals surface area contributed by atoms with E-state index in [0.717, 1.165) is 16.4 Å². The van der Waals surface area contributed by atoms with Crippen molar-refractivity contribution in [1.29, 1.82) is 0 Å². The molecule has 2 aromatic rings. The first-order valence-corrected chi connectivity index (χ1v) is 6.84. The standard InChI is InChI=1S/C13H16N4OS/c1-8-7-19-13(16-8)9(2)17-12(18)10-6-15-5-4-11(10)14-3/h4-7,9H,1-3H3,(H,14,15)(H,17,18). The summed E-state index contributed by atoms with van der Waals surface area (Å²) in [6, 6.07) is 1.66. The summed E-state index contributed by atoms with van der Waals surface area (Å²) in [5.41, 5.74) is 2.26.